The molecule has 2 heteroatoms. The van der Waals surface area contributed by atoms with Crippen molar-refractivity contribution in [3.05, 3.63) is 0 Å². The molecule has 0 aliphatic heterocycles. The molecule has 0 bridgehead atoms. The molecule has 0 amide bonds. The van der Waals surface area contributed by atoms with Crippen molar-refractivity contribution in [1.29, 1.82) is 0 Å². The minimum atomic E-state index is 0.740. The molecule has 0 aromatic heterocycles. The molecule has 2 saturated carbocycles. The summed E-state index contributed by atoms with van der Waals surface area (Å²) in [6.45, 7) is 0.848. The molecule has 0 saturated heterocycles. The van der Waals surface area contributed by atoms with E-state index in [4.69, 9.17) is 4.84 Å². The smallest absolute Gasteiger partial charge is 0.120 e. The van der Waals surface area contributed by atoms with Gasteiger partial charge in [-0.05, 0) is 31.1 Å². The Morgan fingerprint density at radius 1 is 0.560 bits per heavy atom. The van der Waals surface area contributed by atoms with Gasteiger partial charge in [0.05, 0.1) is 0 Å². The van der Waals surface area contributed by atoms with E-state index < -0.39 is 0 Å². The Bertz CT molecular complexity index is 308. The van der Waals surface area contributed by atoms with Crippen LogP contribution in [0, 0.1) is 11.8 Å². The summed E-state index contributed by atoms with van der Waals surface area (Å²) < 4.78 is 0. The van der Waals surface area contributed by atoms with Crippen molar-refractivity contribution in [3.63, 3.8) is 0 Å². The van der Waals surface area contributed by atoms with Crippen LogP contribution in [-0.4, -0.2) is 12.8 Å². The van der Waals surface area contributed by atoms with E-state index in [0.717, 1.165) is 24.9 Å². The molecule has 2 fully saturated rings. The predicted molar refractivity (Wildman–Crippen MR) is 109 cm³/mol. The van der Waals surface area contributed by atoms with E-state index in [2.05, 4.69) is 11.4 Å². The van der Waals surface area contributed by atoms with Crippen LogP contribution >= 0.6 is 0 Å². The van der Waals surface area contributed by atoms with E-state index in [1.165, 1.54) is 116 Å². The van der Waals surface area contributed by atoms with Crippen LogP contribution in [0.4, 0.5) is 0 Å². The van der Waals surface area contributed by atoms with Crippen LogP contribution < -0.4 is 0 Å². The van der Waals surface area contributed by atoms with Crippen molar-refractivity contribution in [2.24, 2.45) is 17.0 Å². The number of nitrogens with zero attached hydrogens (tertiary/aromatic N) is 1. The lowest BCUT2D eigenvalue weighted by molar-refractivity contribution is 0.0976. The summed E-state index contributed by atoms with van der Waals surface area (Å²) in [5, 5.41) is 4.33. The molecule has 25 heavy (non-hydrogen) atoms. The topological polar surface area (TPSA) is 21.6 Å². The van der Waals surface area contributed by atoms with Gasteiger partial charge in [0.25, 0.3) is 0 Å². The standard InChI is InChI=1S/C23H43NO/c1-3-7-11-15-22(16-12-8-4-1)19-20-24-25-21-23-17-13-9-5-2-6-10-14-18-23/h20,22-23H,1-19,21H2/b24-20+. The number of hydrogen-bond donors (Lipinski definition) is 0. The van der Waals surface area contributed by atoms with Gasteiger partial charge in [0.2, 0.25) is 0 Å². The van der Waals surface area contributed by atoms with E-state index >= 15 is 0 Å². The first-order valence-electron chi connectivity index (χ1n) is 11.6. The van der Waals surface area contributed by atoms with Crippen LogP contribution in [0.5, 0.6) is 0 Å². The third-order valence-electron chi connectivity index (χ3n) is 6.35. The molecular weight excluding hydrogens is 306 g/mol. The fourth-order valence-corrected chi connectivity index (χ4v) is 4.58. The van der Waals surface area contributed by atoms with Gasteiger partial charge in [0, 0.05) is 6.21 Å². The molecule has 0 unspecified atom stereocenters. The molecular formula is C23H43NO. The maximum Gasteiger partial charge on any atom is 0.120 e. The molecule has 2 aliphatic rings. The van der Waals surface area contributed by atoms with Crippen LogP contribution in [0.3, 0.4) is 0 Å². The predicted octanol–water partition coefficient (Wildman–Crippen LogP) is 7.66. The molecule has 146 valence electrons. The zero-order valence-corrected chi connectivity index (χ0v) is 16.7. The van der Waals surface area contributed by atoms with Gasteiger partial charge in [-0.1, -0.05) is 108 Å². The van der Waals surface area contributed by atoms with Gasteiger partial charge in [-0.3, -0.25) is 0 Å². The van der Waals surface area contributed by atoms with Crippen LogP contribution in [0.2, 0.25) is 0 Å². The normalized spacial score (nSPS) is 24.2. The average Bonchev–Trinajstić information content (AvgIpc) is 2.65. The molecule has 0 heterocycles. The van der Waals surface area contributed by atoms with Gasteiger partial charge in [0.1, 0.15) is 6.61 Å². The summed E-state index contributed by atoms with van der Waals surface area (Å²) >= 11 is 0. The Morgan fingerprint density at radius 2 is 0.960 bits per heavy atom. The minimum Gasteiger partial charge on any atom is -0.396 e. The minimum absolute atomic E-state index is 0.740. The number of rotatable bonds is 5. The van der Waals surface area contributed by atoms with Crippen molar-refractivity contribution < 1.29 is 4.84 Å². The van der Waals surface area contributed by atoms with Crippen LogP contribution in [-0.2, 0) is 4.84 Å². The number of hydrogen-bond acceptors (Lipinski definition) is 2. The second kappa shape index (κ2) is 14.6. The molecule has 2 nitrogen and oxygen atoms in total. The first kappa shape index (κ1) is 20.8. The highest BCUT2D eigenvalue weighted by atomic mass is 16.6. The van der Waals surface area contributed by atoms with Crippen LogP contribution in [0.15, 0.2) is 5.16 Å². The highest BCUT2D eigenvalue weighted by Crippen LogP contribution is 2.24. The Kier molecular flexibility index (Phi) is 12.2. The fourth-order valence-electron chi connectivity index (χ4n) is 4.58. The quantitative estimate of drug-likeness (QED) is 0.369. The second-order valence-corrected chi connectivity index (χ2v) is 8.66. The van der Waals surface area contributed by atoms with Crippen LogP contribution in [0.25, 0.3) is 0 Å². The highest BCUT2D eigenvalue weighted by Gasteiger charge is 2.11. The van der Waals surface area contributed by atoms with Gasteiger partial charge in [-0.2, -0.15) is 0 Å². The van der Waals surface area contributed by atoms with Gasteiger partial charge in [-0.15, -0.1) is 0 Å². The first-order valence-corrected chi connectivity index (χ1v) is 11.6. The largest absolute Gasteiger partial charge is 0.396 e. The zero-order valence-electron chi connectivity index (χ0n) is 16.7. The maximum absolute atomic E-state index is 5.70. The van der Waals surface area contributed by atoms with Gasteiger partial charge in [0.15, 0.2) is 0 Å². The van der Waals surface area contributed by atoms with Crippen molar-refractivity contribution in [2.75, 3.05) is 6.61 Å². The monoisotopic (exact) mass is 349 g/mol. The van der Waals surface area contributed by atoms with E-state index in [9.17, 15) is 0 Å². The molecule has 2 rings (SSSR count). The molecule has 2 aliphatic carbocycles. The highest BCUT2D eigenvalue weighted by molar-refractivity contribution is 5.56. The third kappa shape index (κ3) is 10.9. The number of oxime groups is 1. The van der Waals surface area contributed by atoms with E-state index in [1.807, 2.05) is 0 Å². The third-order valence-corrected chi connectivity index (χ3v) is 6.35. The van der Waals surface area contributed by atoms with Crippen molar-refractivity contribution in [3.8, 4) is 0 Å². The molecule has 0 N–H and O–H groups in total. The Labute approximate surface area is 157 Å². The van der Waals surface area contributed by atoms with E-state index in [1.54, 1.807) is 0 Å². The molecule has 0 atom stereocenters. The van der Waals surface area contributed by atoms with Gasteiger partial charge < -0.3 is 4.84 Å². The molecule has 0 spiro atoms. The summed E-state index contributed by atoms with van der Waals surface area (Å²) in [5.74, 6) is 1.59. The summed E-state index contributed by atoms with van der Waals surface area (Å²) in [6.07, 6.45) is 28.7. The molecule has 0 aromatic rings. The summed E-state index contributed by atoms with van der Waals surface area (Å²) in [4.78, 5) is 5.70. The lowest BCUT2D eigenvalue weighted by Crippen LogP contribution is -2.09. The SMILES string of the molecule is C(/CC1CCCCCCCCC1)=N\OCC1CCCCCCCCC1. The van der Waals surface area contributed by atoms with Crippen molar-refractivity contribution in [1.82, 2.24) is 0 Å². The molecule has 0 radical (unpaired) electrons. The Balaban J connectivity index is 1.59. The summed E-state index contributed by atoms with van der Waals surface area (Å²) in [6, 6.07) is 0. The summed E-state index contributed by atoms with van der Waals surface area (Å²) in [5.41, 5.74) is 0. The van der Waals surface area contributed by atoms with Crippen molar-refractivity contribution >= 4 is 6.21 Å². The van der Waals surface area contributed by atoms with Gasteiger partial charge >= 0.3 is 0 Å². The van der Waals surface area contributed by atoms with Crippen LogP contribution in [0.1, 0.15) is 122 Å². The average molecular weight is 350 g/mol. The lowest BCUT2D eigenvalue weighted by atomic mass is 9.90. The maximum atomic E-state index is 5.70. The Morgan fingerprint density at radius 3 is 1.44 bits per heavy atom. The second-order valence-electron chi connectivity index (χ2n) is 8.66. The molecule has 0 aromatic carbocycles. The first-order chi connectivity index (χ1) is 12.4. The summed E-state index contributed by atoms with van der Waals surface area (Å²) in [7, 11) is 0. The zero-order chi connectivity index (χ0) is 17.4. The van der Waals surface area contributed by atoms with E-state index in [0.29, 0.717) is 0 Å². The van der Waals surface area contributed by atoms with E-state index in [-0.39, 0.29) is 0 Å². The van der Waals surface area contributed by atoms with Crippen molar-refractivity contribution in [2.45, 2.75) is 122 Å². The Hall–Kier alpha value is -0.530. The fraction of sp³-hybridized carbons (Fsp3) is 0.957. The van der Waals surface area contributed by atoms with Gasteiger partial charge in [-0.25, -0.2) is 0 Å². The lowest BCUT2D eigenvalue weighted by Gasteiger charge is -2.17.